The maximum absolute atomic E-state index is 12.4. The minimum absolute atomic E-state index is 0.0720. The number of hydrogen-bond acceptors (Lipinski definition) is 6. The minimum atomic E-state index is -1.000. The highest BCUT2D eigenvalue weighted by Crippen LogP contribution is 2.08. The molecule has 8 heteroatoms. The Kier molecular flexibility index (Phi) is 8.22. The van der Waals surface area contributed by atoms with Crippen molar-refractivity contribution < 1.29 is 14.7 Å². The molecule has 1 saturated heterocycles. The first-order valence-electron chi connectivity index (χ1n) is 8.19. The van der Waals surface area contributed by atoms with Crippen LogP contribution in [0.2, 0.25) is 0 Å². The van der Waals surface area contributed by atoms with Gasteiger partial charge in [0, 0.05) is 45.5 Å². The minimum Gasteiger partial charge on any atom is -0.480 e. The van der Waals surface area contributed by atoms with Crippen molar-refractivity contribution in [1.29, 1.82) is 5.26 Å². The van der Waals surface area contributed by atoms with Crippen LogP contribution in [0, 0.1) is 17.2 Å². The fourth-order valence-corrected chi connectivity index (χ4v) is 2.56. The van der Waals surface area contributed by atoms with Gasteiger partial charge in [0.05, 0.1) is 0 Å². The molecule has 0 aromatic heterocycles. The van der Waals surface area contributed by atoms with E-state index in [2.05, 4.69) is 10.2 Å². The summed E-state index contributed by atoms with van der Waals surface area (Å²) < 4.78 is 0. The monoisotopic (exact) mass is 337 g/mol. The molecule has 134 valence electrons. The van der Waals surface area contributed by atoms with Gasteiger partial charge in [0.2, 0.25) is 0 Å². The molecule has 1 fully saturated rings. The summed E-state index contributed by atoms with van der Waals surface area (Å²) in [6, 6.07) is 1.05. The van der Waals surface area contributed by atoms with E-state index in [-0.39, 0.29) is 17.4 Å². The Morgan fingerprint density at radius 3 is 2.42 bits per heavy atom. The molecule has 0 spiro atoms. The zero-order valence-corrected chi connectivity index (χ0v) is 14.4. The van der Waals surface area contributed by atoms with Crippen molar-refractivity contribution in [1.82, 2.24) is 15.1 Å². The topological polar surface area (TPSA) is 123 Å². The summed E-state index contributed by atoms with van der Waals surface area (Å²) in [4.78, 5) is 27.4. The first-order chi connectivity index (χ1) is 11.4. The van der Waals surface area contributed by atoms with E-state index in [1.54, 1.807) is 4.90 Å². The van der Waals surface area contributed by atoms with Gasteiger partial charge in [-0.1, -0.05) is 13.8 Å². The number of aliphatic carboxylic acids is 1. The Labute approximate surface area is 142 Å². The Balaban J connectivity index is 2.66. The second kappa shape index (κ2) is 9.90. The van der Waals surface area contributed by atoms with E-state index in [0.717, 1.165) is 19.6 Å². The van der Waals surface area contributed by atoms with Crippen molar-refractivity contribution in [3.63, 3.8) is 0 Å². The molecule has 1 rings (SSSR count). The Morgan fingerprint density at radius 1 is 1.33 bits per heavy atom. The third-order valence-electron chi connectivity index (χ3n) is 3.89. The zero-order valence-electron chi connectivity index (χ0n) is 14.4. The Morgan fingerprint density at radius 2 is 1.96 bits per heavy atom. The lowest BCUT2D eigenvalue weighted by atomic mass is 10.0. The molecule has 0 bridgehead atoms. The normalized spacial score (nSPS) is 17.5. The molecule has 1 unspecified atom stereocenters. The average molecular weight is 337 g/mol. The summed E-state index contributed by atoms with van der Waals surface area (Å²) >= 11 is 0. The van der Waals surface area contributed by atoms with Crippen LogP contribution in [0.25, 0.3) is 0 Å². The van der Waals surface area contributed by atoms with Gasteiger partial charge >= 0.3 is 5.97 Å². The molecule has 24 heavy (non-hydrogen) atoms. The number of nitrogens with one attached hydrogen (secondary N) is 1. The molecular weight excluding hydrogens is 310 g/mol. The van der Waals surface area contributed by atoms with Crippen molar-refractivity contribution in [3.05, 3.63) is 11.8 Å². The first kappa shape index (κ1) is 19.9. The number of rotatable bonds is 8. The summed E-state index contributed by atoms with van der Waals surface area (Å²) in [5.41, 5.74) is 5.45. The van der Waals surface area contributed by atoms with E-state index in [1.165, 1.54) is 6.20 Å². The van der Waals surface area contributed by atoms with Gasteiger partial charge in [-0.05, 0) is 12.3 Å². The van der Waals surface area contributed by atoms with Crippen LogP contribution < -0.4 is 11.1 Å². The summed E-state index contributed by atoms with van der Waals surface area (Å²) in [6.45, 7) is 7.71. The molecule has 1 atom stereocenters. The molecule has 0 aliphatic carbocycles. The summed E-state index contributed by atoms with van der Waals surface area (Å²) in [6.07, 6.45) is 1.65. The van der Waals surface area contributed by atoms with Crippen molar-refractivity contribution in [2.75, 3.05) is 39.3 Å². The Bertz CT molecular complexity index is 504. The van der Waals surface area contributed by atoms with Crippen LogP contribution in [0.4, 0.5) is 0 Å². The van der Waals surface area contributed by atoms with E-state index >= 15 is 0 Å². The number of carboxylic acids is 1. The van der Waals surface area contributed by atoms with Crippen molar-refractivity contribution in [2.45, 2.75) is 26.3 Å². The maximum Gasteiger partial charge on any atom is 0.326 e. The molecule has 4 N–H and O–H groups in total. The number of piperazine rings is 1. The molecule has 1 aliphatic heterocycles. The highest BCUT2D eigenvalue weighted by atomic mass is 16.4. The number of carboxylic acid groups (broad SMARTS) is 1. The van der Waals surface area contributed by atoms with E-state index in [0.29, 0.717) is 26.1 Å². The molecule has 1 heterocycles. The van der Waals surface area contributed by atoms with E-state index in [9.17, 15) is 20.0 Å². The van der Waals surface area contributed by atoms with Gasteiger partial charge in [-0.25, -0.2) is 4.79 Å². The summed E-state index contributed by atoms with van der Waals surface area (Å²) in [7, 11) is 0. The number of hydrogen-bond donors (Lipinski definition) is 3. The quantitative estimate of drug-likeness (QED) is 0.406. The second-order valence-corrected chi connectivity index (χ2v) is 6.28. The standard InChI is InChI=1S/C16H27N5O3/c1-12(2)9-14(16(23)24)19-11-13(10-18)15(22)21-7-5-20(4-3-17)6-8-21/h11-12,14,19H,3-9,17H2,1-2H3,(H,23,24)/b13-11-. The van der Waals surface area contributed by atoms with Gasteiger partial charge in [-0.2, -0.15) is 5.26 Å². The summed E-state index contributed by atoms with van der Waals surface area (Å²) in [5, 5.41) is 21.1. The number of nitriles is 1. The lowest BCUT2D eigenvalue weighted by Gasteiger charge is -2.34. The zero-order chi connectivity index (χ0) is 18.1. The highest BCUT2D eigenvalue weighted by Gasteiger charge is 2.24. The smallest absolute Gasteiger partial charge is 0.326 e. The van der Waals surface area contributed by atoms with Crippen LogP contribution in [0.15, 0.2) is 11.8 Å². The molecule has 0 saturated carbocycles. The van der Waals surface area contributed by atoms with Crippen molar-refractivity contribution >= 4 is 11.9 Å². The number of carbonyl (C=O) groups is 2. The first-order valence-corrected chi connectivity index (χ1v) is 8.19. The highest BCUT2D eigenvalue weighted by molar-refractivity contribution is 5.97. The van der Waals surface area contributed by atoms with Crippen LogP contribution in [0.5, 0.6) is 0 Å². The lowest BCUT2D eigenvalue weighted by molar-refractivity contribution is -0.139. The molecule has 0 aromatic carbocycles. The van der Waals surface area contributed by atoms with Crippen LogP contribution in [0.1, 0.15) is 20.3 Å². The van der Waals surface area contributed by atoms with Gasteiger partial charge in [-0.3, -0.25) is 9.69 Å². The summed E-state index contributed by atoms with van der Waals surface area (Å²) in [5.74, 6) is -1.19. The maximum atomic E-state index is 12.4. The molecular formula is C16H27N5O3. The van der Waals surface area contributed by atoms with Gasteiger partial charge in [0.15, 0.2) is 0 Å². The fraction of sp³-hybridized carbons (Fsp3) is 0.688. The van der Waals surface area contributed by atoms with Gasteiger partial charge < -0.3 is 21.1 Å². The van der Waals surface area contributed by atoms with Crippen LogP contribution in [0.3, 0.4) is 0 Å². The third-order valence-corrected chi connectivity index (χ3v) is 3.89. The number of carbonyl (C=O) groups excluding carboxylic acids is 1. The van der Waals surface area contributed by atoms with Crippen molar-refractivity contribution in [2.24, 2.45) is 11.7 Å². The van der Waals surface area contributed by atoms with E-state index in [1.807, 2.05) is 19.9 Å². The number of nitrogens with zero attached hydrogens (tertiary/aromatic N) is 3. The van der Waals surface area contributed by atoms with Crippen LogP contribution in [-0.2, 0) is 9.59 Å². The molecule has 0 aromatic rings. The van der Waals surface area contributed by atoms with Crippen molar-refractivity contribution in [3.8, 4) is 6.07 Å². The molecule has 1 aliphatic rings. The van der Waals surface area contributed by atoms with Crippen LogP contribution >= 0.6 is 0 Å². The molecule has 0 radical (unpaired) electrons. The van der Waals surface area contributed by atoms with Gasteiger partial charge in [-0.15, -0.1) is 0 Å². The third kappa shape index (κ3) is 6.18. The molecule has 8 nitrogen and oxygen atoms in total. The lowest BCUT2D eigenvalue weighted by Crippen LogP contribution is -2.50. The molecule has 1 amide bonds. The predicted molar refractivity (Wildman–Crippen MR) is 89.8 cm³/mol. The predicted octanol–water partition coefficient (Wildman–Crippen LogP) is -0.414. The van der Waals surface area contributed by atoms with Crippen LogP contribution in [-0.4, -0.2) is 72.1 Å². The van der Waals surface area contributed by atoms with E-state index in [4.69, 9.17) is 5.73 Å². The second-order valence-electron chi connectivity index (χ2n) is 6.28. The van der Waals surface area contributed by atoms with E-state index < -0.39 is 12.0 Å². The number of amides is 1. The van der Waals surface area contributed by atoms with Gasteiger partial charge in [0.1, 0.15) is 17.7 Å². The fourth-order valence-electron chi connectivity index (χ4n) is 2.56. The largest absolute Gasteiger partial charge is 0.480 e. The number of nitrogens with two attached hydrogens (primary N) is 1. The average Bonchev–Trinajstić information content (AvgIpc) is 2.54. The SMILES string of the molecule is CC(C)CC(N/C=C(/C#N)C(=O)N1CCN(CCN)CC1)C(=O)O. The Hall–Kier alpha value is -2.11. The van der Waals surface area contributed by atoms with Gasteiger partial charge in [0.25, 0.3) is 5.91 Å².